The van der Waals surface area contributed by atoms with Crippen LogP contribution in [0.25, 0.3) is 0 Å². The lowest BCUT2D eigenvalue weighted by molar-refractivity contribution is -0.145. The third kappa shape index (κ3) is 10.2. The van der Waals surface area contributed by atoms with E-state index in [1.54, 1.807) is 0 Å². The van der Waals surface area contributed by atoms with Gasteiger partial charge in [0.25, 0.3) is 0 Å². The summed E-state index contributed by atoms with van der Waals surface area (Å²) in [5.74, 6) is -3.69. The van der Waals surface area contributed by atoms with E-state index in [-0.39, 0.29) is 44.8 Å². The number of carbonyl (C=O) groups is 7. The number of nitrogens with zero attached hydrogens (tertiary/aromatic N) is 3. The number of hydrogen-bond donors (Lipinski definition) is 4. The van der Waals surface area contributed by atoms with Crippen LogP contribution in [0.3, 0.4) is 0 Å². The van der Waals surface area contributed by atoms with E-state index in [4.69, 9.17) is 0 Å². The number of benzene rings is 3. The normalized spacial score (nSPS) is 27.3. The molecule has 62 heavy (non-hydrogen) atoms. The third-order valence-corrected chi connectivity index (χ3v) is 13.0. The molecule has 4 aliphatic heterocycles. The first-order valence-electron chi connectivity index (χ1n) is 22.3. The largest absolute Gasteiger partial charge is 0.342 e. The summed E-state index contributed by atoms with van der Waals surface area (Å²) in [4.78, 5) is 106. The minimum Gasteiger partial charge on any atom is -0.342 e. The summed E-state index contributed by atoms with van der Waals surface area (Å²) in [7, 11) is 0. The van der Waals surface area contributed by atoms with Gasteiger partial charge in [-0.25, -0.2) is 0 Å². The van der Waals surface area contributed by atoms with E-state index in [2.05, 4.69) is 21.3 Å². The Morgan fingerprint density at radius 3 is 1.18 bits per heavy atom. The molecule has 0 bridgehead atoms. The van der Waals surface area contributed by atoms with Crippen LogP contribution in [0.4, 0.5) is 0 Å². The van der Waals surface area contributed by atoms with Gasteiger partial charge in [-0.3, -0.25) is 33.6 Å². The van der Waals surface area contributed by atoms with Crippen LogP contribution >= 0.6 is 0 Å². The second-order valence-electron chi connectivity index (χ2n) is 17.2. The van der Waals surface area contributed by atoms with Gasteiger partial charge in [-0.2, -0.15) is 0 Å². The van der Waals surface area contributed by atoms with E-state index in [1.807, 2.05) is 105 Å². The van der Waals surface area contributed by atoms with Gasteiger partial charge in [0.05, 0.1) is 0 Å². The van der Waals surface area contributed by atoms with Crippen molar-refractivity contribution in [2.45, 2.75) is 120 Å². The van der Waals surface area contributed by atoms with Crippen molar-refractivity contribution >= 4 is 41.4 Å². The summed E-state index contributed by atoms with van der Waals surface area (Å²) in [6, 6.07) is 20.9. The summed E-state index contributed by atoms with van der Waals surface area (Å²) in [5, 5.41) is 11.9. The number of rotatable bonds is 8. The first-order valence-corrected chi connectivity index (χ1v) is 22.3. The van der Waals surface area contributed by atoms with Crippen LogP contribution in [0.15, 0.2) is 91.0 Å². The van der Waals surface area contributed by atoms with E-state index < -0.39 is 83.6 Å². The number of fused-ring (bicyclic) bond motifs is 3. The monoisotopic (exact) mass is 845 g/mol. The highest BCUT2D eigenvalue weighted by Crippen LogP contribution is 2.26. The lowest BCUT2D eigenvalue weighted by Gasteiger charge is -2.33. The van der Waals surface area contributed by atoms with Crippen molar-refractivity contribution in [3.63, 3.8) is 0 Å². The van der Waals surface area contributed by atoms with Crippen molar-refractivity contribution in [2.24, 2.45) is 5.92 Å². The van der Waals surface area contributed by atoms with Crippen molar-refractivity contribution in [1.82, 2.24) is 36.0 Å². The molecule has 328 valence electrons. The van der Waals surface area contributed by atoms with Crippen LogP contribution in [0, 0.1) is 5.92 Å². The SMILES string of the molecule is CC[C@H](C)[C@@H]1NC(=O)[C@H](Cc2ccccc2)NC(=O)[C@@H]2CCCN2C(=O)[C@H](Cc2ccccc2)NC(=O)[C@@H]2CCCN2C(=O)[C@H](Cc2ccccc2)NC(=O)[C@@H]2CCCN2C1=O. The molecule has 4 saturated heterocycles. The van der Waals surface area contributed by atoms with Gasteiger partial charge >= 0.3 is 0 Å². The average Bonchev–Trinajstić information content (AvgIpc) is 4.10. The number of hydrogen-bond acceptors (Lipinski definition) is 7. The van der Waals surface area contributed by atoms with Crippen LogP contribution in [-0.4, -0.2) is 118 Å². The smallest absolute Gasteiger partial charge is 0.246 e. The molecule has 0 radical (unpaired) electrons. The second kappa shape index (κ2) is 20.2. The molecular formula is C48H59N7O7. The van der Waals surface area contributed by atoms with Crippen molar-refractivity contribution in [3.8, 4) is 0 Å². The lowest BCUT2D eigenvalue weighted by Crippen LogP contribution is -2.60. The van der Waals surface area contributed by atoms with Crippen molar-refractivity contribution in [1.29, 1.82) is 0 Å². The Bertz CT molecular complexity index is 2090. The maximum Gasteiger partial charge on any atom is 0.246 e. The van der Waals surface area contributed by atoms with Crippen molar-refractivity contribution in [2.75, 3.05) is 19.6 Å². The maximum atomic E-state index is 14.7. The molecule has 0 aliphatic carbocycles. The fourth-order valence-electron chi connectivity index (χ4n) is 9.39. The number of carbonyl (C=O) groups excluding carboxylic acids is 7. The Morgan fingerprint density at radius 1 is 0.468 bits per heavy atom. The highest BCUT2D eigenvalue weighted by molar-refractivity contribution is 5.99. The summed E-state index contributed by atoms with van der Waals surface area (Å²) in [6.45, 7) is 4.61. The van der Waals surface area contributed by atoms with Crippen LogP contribution in [-0.2, 0) is 52.8 Å². The topological polar surface area (TPSA) is 177 Å². The zero-order chi connectivity index (χ0) is 43.8. The van der Waals surface area contributed by atoms with Crippen molar-refractivity contribution in [3.05, 3.63) is 108 Å². The van der Waals surface area contributed by atoms with E-state index in [0.717, 1.165) is 16.7 Å². The first kappa shape index (κ1) is 44.0. The second-order valence-corrected chi connectivity index (χ2v) is 17.2. The van der Waals surface area contributed by atoms with Gasteiger partial charge in [0.1, 0.15) is 42.3 Å². The Morgan fingerprint density at radius 2 is 0.806 bits per heavy atom. The zero-order valence-electron chi connectivity index (χ0n) is 35.7. The van der Waals surface area contributed by atoms with E-state index in [9.17, 15) is 33.6 Å². The predicted octanol–water partition coefficient (Wildman–Crippen LogP) is 2.69. The van der Waals surface area contributed by atoms with E-state index in [0.29, 0.717) is 44.9 Å². The fraction of sp³-hybridized carbons (Fsp3) is 0.479. The highest BCUT2D eigenvalue weighted by Gasteiger charge is 2.45. The molecule has 4 N–H and O–H groups in total. The molecule has 3 aromatic rings. The van der Waals surface area contributed by atoms with E-state index in [1.165, 1.54) is 14.7 Å². The van der Waals surface area contributed by atoms with Gasteiger partial charge in [0.15, 0.2) is 0 Å². The van der Waals surface area contributed by atoms with Crippen LogP contribution < -0.4 is 21.3 Å². The van der Waals surface area contributed by atoms with E-state index >= 15 is 0 Å². The lowest BCUT2D eigenvalue weighted by atomic mass is 9.96. The van der Waals surface area contributed by atoms with Crippen LogP contribution in [0.1, 0.15) is 75.5 Å². The fourth-order valence-corrected chi connectivity index (χ4v) is 9.39. The number of nitrogens with one attached hydrogen (secondary N) is 4. The minimum absolute atomic E-state index is 0.122. The zero-order valence-corrected chi connectivity index (χ0v) is 35.7. The molecule has 14 nitrogen and oxygen atoms in total. The van der Waals surface area contributed by atoms with Crippen LogP contribution in [0.5, 0.6) is 0 Å². The molecule has 3 aromatic carbocycles. The summed E-state index contributed by atoms with van der Waals surface area (Å²) >= 11 is 0. The predicted molar refractivity (Wildman–Crippen MR) is 232 cm³/mol. The average molecular weight is 846 g/mol. The molecule has 4 heterocycles. The summed E-state index contributed by atoms with van der Waals surface area (Å²) in [5.41, 5.74) is 2.39. The Kier molecular flexibility index (Phi) is 14.4. The molecule has 0 saturated carbocycles. The molecule has 4 fully saturated rings. The van der Waals surface area contributed by atoms with Gasteiger partial charge in [-0.1, -0.05) is 111 Å². The molecule has 4 aliphatic rings. The Labute approximate surface area is 363 Å². The first-order chi connectivity index (χ1) is 30.0. The molecule has 0 unspecified atom stereocenters. The standard InChI is InChI=1S/C48H59N7O7/c1-3-31(2)41-48(62)55-27-15-24-40(55)45(59)51-37(30-34-20-11-6-12-21-34)47(61)54-26-14-23-39(54)44(58)50-36(29-33-18-9-5-10-19-33)46(60)53-25-13-22-38(53)43(57)49-35(42(56)52-41)28-32-16-7-4-8-17-32/h4-12,16-21,31,35-41H,3,13-15,22-30H2,1-2H3,(H,49,57)(H,50,58)(H,51,59)(H,52,56)/t31-,35-,36-,37-,38-,39-,40-,41-/m0/s1. The maximum absolute atomic E-state index is 14.7. The third-order valence-electron chi connectivity index (χ3n) is 13.0. The van der Waals surface area contributed by atoms with Gasteiger partial charge in [-0.05, 0) is 61.1 Å². The highest BCUT2D eigenvalue weighted by atomic mass is 16.2. The minimum atomic E-state index is -1.11. The van der Waals surface area contributed by atoms with Gasteiger partial charge < -0.3 is 36.0 Å². The summed E-state index contributed by atoms with van der Waals surface area (Å²) < 4.78 is 0. The Balaban J connectivity index is 1.27. The van der Waals surface area contributed by atoms with Gasteiger partial charge in [0, 0.05) is 38.9 Å². The molecule has 0 spiro atoms. The molecule has 7 amide bonds. The van der Waals surface area contributed by atoms with Gasteiger partial charge in [0.2, 0.25) is 41.4 Å². The molecule has 0 aromatic heterocycles. The molecular weight excluding hydrogens is 787 g/mol. The number of amides is 7. The quantitative estimate of drug-likeness (QED) is 0.270. The van der Waals surface area contributed by atoms with Crippen molar-refractivity contribution < 1.29 is 33.6 Å². The summed E-state index contributed by atoms with van der Waals surface area (Å²) in [6.07, 6.45) is 3.65. The molecule has 8 atom stereocenters. The molecule has 7 rings (SSSR count). The van der Waals surface area contributed by atoms with Gasteiger partial charge in [-0.15, -0.1) is 0 Å². The molecule has 14 heteroatoms. The Hall–Kier alpha value is -6.05. The van der Waals surface area contributed by atoms with Crippen LogP contribution in [0.2, 0.25) is 0 Å².